The van der Waals surface area contributed by atoms with Gasteiger partial charge in [0, 0.05) is 49.1 Å². The molecule has 1 saturated heterocycles. The van der Waals surface area contributed by atoms with Gasteiger partial charge in [0.1, 0.15) is 22.9 Å². The van der Waals surface area contributed by atoms with Crippen LogP contribution in [0, 0.1) is 11.6 Å². The minimum atomic E-state index is -2.13. The van der Waals surface area contributed by atoms with Crippen LogP contribution in [0.2, 0.25) is 18.1 Å². The lowest BCUT2D eigenvalue weighted by Crippen LogP contribution is -2.59. The van der Waals surface area contributed by atoms with Crippen LogP contribution in [0.4, 0.5) is 19.4 Å². The molecule has 1 amide bonds. The number of hydrogen-bond acceptors (Lipinski definition) is 9. The van der Waals surface area contributed by atoms with Gasteiger partial charge in [-0.25, -0.2) is 27.9 Å². The van der Waals surface area contributed by atoms with Crippen molar-refractivity contribution < 1.29 is 27.5 Å². The van der Waals surface area contributed by atoms with Crippen molar-refractivity contribution in [3.63, 3.8) is 0 Å². The minimum Gasteiger partial charge on any atom is -0.444 e. The first-order chi connectivity index (χ1) is 25.6. The van der Waals surface area contributed by atoms with Gasteiger partial charge in [-0.2, -0.15) is 4.98 Å². The number of anilines is 1. The van der Waals surface area contributed by atoms with Crippen molar-refractivity contribution in [2.75, 3.05) is 24.6 Å². The van der Waals surface area contributed by atoms with Crippen LogP contribution in [0.1, 0.15) is 96.8 Å². The van der Waals surface area contributed by atoms with Gasteiger partial charge in [-0.15, -0.1) is 0 Å². The van der Waals surface area contributed by atoms with Crippen molar-refractivity contribution in [2.24, 2.45) is 0 Å². The monoisotopic (exact) mass is 776 g/mol. The molecule has 5 rings (SSSR count). The van der Waals surface area contributed by atoms with E-state index in [-0.39, 0.29) is 64.1 Å². The van der Waals surface area contributed by atoms with Gasteiger partial charge in [-0.1, -0.05) is 46.8 Å². The molecule has 0 spiro atoms. The number of fused-ring (bicyclic) bond motifs is 1. The number of carbonyl (C=O) groups excluding carboxylic acids is 2. The summed E-state index contributed by atoms with van der Waals surface area (Å²) >= 11 is 0. The number of amides is 1. The molecule has 14 heteroatoms. The molecule has 0 aliphatic carbocycles. The number of nitrogens with zero attached hydrogens (tertiary/aromatic N) is 6. The van der Waals surface area contributed by atoms with Crippen molar-refractivity contribution in [3.8, 4) is 16.9 Å². The highest BCUT2D eigenvalue weighted by atomic mass is 28.4. The topological polar surface area (TPSA) is 120 Å². The van der Waals surface area contributed by atoms with Gasteiger partial charge in [0.05, 0.1) is 16.8 Å². The van der Waals surface area contributed by atoms with Crippen LogP contribution in [0.25, 0.3) is 28.0 Å². The van der Waals surface area contributed by atoms with Crippen molar-refractivity contribution >= 4 is 37.5 Å². The number of carbonyl (C=O) groups is 2. The van der Waals surface area contributed by atoms with Gasteiger partial charge >= 0.3 is 11.8 Å². The van der Waals surface area contributed by atoms with E-state index in [2.05, 4.69) is 38.8 Å². The van der Waals surface area contributed by atoms with Crippen LogP contribution in [0.15, 0.2) is 41.3 Å². The largest absolute Gasteiger partial charge is 0.444 e. The molecular weight excluding hydrogens is 723 g/mol. The van der Waals surface area contributed by atoms with Gasteiger partial charge in [0.15, 0.2) is 26.1 Å². The molecule has 0 radical (unpaired) electrons. The first-order valence-electron chi connectivity index (χ1n) is 18.8. The van der Waals surface area contributed by atoms with E-state index < -0.39 is 43.0 Å². The predicted octanol–water partition coefficient (Wildman–Crippen LogP) is 8.46. The minimum absolute atomic E-state index is 0.0161. The van der Waals surface area contributed by atoms with Crippen molar-refractivity contribution in [1.82, 2.24) is 24.4 Å². The normalized spacial score (nSPS) is 16.9. The number of aldehydes is 1. The van der Waals surface area contributed by atoms with Gasteiger partial charge in [-0.05, 0) is 88.9 Å². The zero-order valence-electron chi connectivity index (χ0n) is 34.1. The maximum atomic E-state index is 16.5. The number of aromatic nitrogens is 4. The number of benzene rings is 1. The highest BCUT2D eigenvalue weighted by molar-refractivity contribution is 6.74. The van der Waals surface area contributed by atoms with Gasteiger partial charge in [0.25, 0.3) is 0 Å². The molecule has 2 atom stereocenters. The second kappa shape index (κ2) is 15.5. The standard InChI is InChI=1S/C41H54F2N6O5Si/c1-24(2)33-35(27(16-18-44-33)17-19-53-55(11,12)41(8,9)10)49-37-29(20-31(43)34(45-37)32-28(23-50)14-13-15-30(32)42)36(46-38(49)51)47-21-26(4)48(22-25(47)3)39(52)54-40(5,6)7/h13-16,18,20,23-26H,17,19,21-22H2,1-12H3/t25-,26+/m0/s1. The van der Waals surface area contributed by atoms with Crippen LogP contribution in [0.5, 0.6) is 0 Å². The van der Waals surface area contributed by atoms with Crippen LogP contribution in [-0.4, -0.2) is 82.5 Å². The second-order valence-electron chi connectivity index (χ2n) is 17.3. The number of piperazine rings is 1. The molecule has 11 nitrogen and oxygen atoms in total. The molecule has 0 N–H and O–H groups in total. The van der Waals surface area contributed by atoms with E-state index in [1.807, 2.05) is 38.7 Å². The third-order valence-electron chi connectivity index (χ3n) is 10.5. The molecule has 4 aromatic rings. The Bertz CT molecular complexity index is 2160. The number of rotatable bonds is 9. The maximum Gasteiger partial charge on any atom is 0.410 e. The zero-order valence-corrected chi connectivity index (χ0v) is 35.1. The van der Waals surface area contributed by atoms with Crippen molar-refractivity contribution in [1.29, 1.82) is 0 Å². The summed E-state index contributed by atoms with van der Waals surface area (Å²) in [5, 5.41) is 0.172. The molecule has 0 unspecified atom stereocenters. The molecule has 4 heterocycles. The summed E-state index contributed by atoms with van der Waals surface area (Å²) in [6, 6.07) is 6.15. The summed E-state index contributed by atoms with van der Waals surface area (Å²) in [6.07, 6.45) is 2.10. The summed E-state index contributed by atoms with van der Waals surface area (Å²) in [5.74, 6) is -1.74. The SMILES string of the molecule is CC(C)c1nccc(CCO[Si](C)(C)C(C)(C)C)c1-n1c(=O)nc(N2C[C@@H](C)N(C(=O)OC(C)(C)C)C[C@@H]2C)c2cc(F)c(-c3c(F)cccc3C=O)nc21. The third kappa shape index (κ3) is 8.49. The quantitative estimate of drug-likeness (QED) is 0.122. The van der Waals surface area contributed by atoms with Crippen LogP contribution in [-0.2, 0) is 15.6 Å². The molecule has 1 aliphatic rings. The van der Waals surface area contributed by atoms with Crippen LogP contribution < -0.4 is 10.6 Å². The number of pyridine rings is 2. The Morgan fingerprint density at radius 1 is 1.02 bits per heavy atom. The van der Waals surface area contributed by atoms with Gasteiger partial charge in [0.2, 0.25) is 0 Å². The number of hydrogen-bond donors (Lipinski definition) is 0. The first kappa shape index (κ1) is 41.6. The van der Waals surface area contributed by atoms with Crippen molar-refractivity contribution in [3.05, 3.63) is 75.5 Å². The van der Waals surface area contributed by atoms with Crippen LogP contribution >= 0.6 is 0 Å². The Balaban J connectivity index is 1.77. The lowest BCUT2D eigenvalue weighted by atomic mass is 10.0. The Morgan fingerprint density at radius 2 is 1.71 bits per heavy atom. The summed E-state index contributed by atoms with van der Waals surface area (Å²) in [5.41, 5.74) is -0.446. The third-order valence-corrected chi connectivity index (χ3v) is 15.1. The summed E-state index contributed by atoms with van der Waals surface area (Å²) in [7, 11) is -2.13. The smallest absolute Gasteiger partial charge is 0.410 e. The molecule has 1 aromatic carbocycles. The first-order valence-corrected chi connectivity index (χ1v) is 21.7. The van der Waals surface area contributed by atoms with E-state index in [1.165, 1.54) is 22.8 Å². The Morgan fingerprint density at radius 3 is 2.33 bits per heavy atom. The fraction of sp³-hybridized carbons (Fsp3) is 0.512. The van der Waals surface area contributed by atoms with E-state index >= 15 is 8.78 Å². The molecule has 0 saturated carbocycles. The molecule has 3 aromatic heterocycles. The second-order valence-corrected chi connectivity index (χ2v) is 22.1. The average Bonchev–Trinajstić information content (AvgIpc) is 3.07. The highest BCUT2D eigenvalue weighted by Crippen LogP contribution is 2.38. The van der Waals surface area contributed by atoms with E-state index in [1.54, 1.807) is 31.9 Å². The predicted molar refractivity (Wildman–Crippen MR) is 214 cm³/mol. The Labute approximate surface area is 323 Å². The zero-order chi connectivity index (χ0) is 40.8. The summed E-state index contributed by atoms with van der Waals surface area (Å²) in [6.45, 7) is 24.8. The number of halogens is 2. The molecule has 1 aliphatic heterocycles. The van der Waals surface area contributed by atoms with Gasteiger partial charge in [-0.3, -0.25) is 9.78 Å². The van der Waals surface area contributed by atoms with Gasteiger partial charge < -0.3 is 19.0 Å². The molecule has 1 fully saturated rings. The maximum absolute atomic E-state index is 16.5. The fourth-order valence-corrected chi connectivity index (χ4v) is 7.66. The summed E-state index contributed by atoms with van der Waals surface area (Å²) < 4.78 is 45.5. The van der Waals surface area contributed by atoms with Crippen molar-refractivity contribution in [2.45, 2.75) is 117 Å². The fourth-order valence-electron chi connectivity index (χ4n) is 6.61. The van der Waals surface area contributed by atoms with E-state index in [4.69, 9.17) is 19.1 Å². The highest BCUT2D eigenvalue weighted by Gasteiger charge is 2.38. The van der Waals surface area contributed by atoms with E-state index in [0.29, 0.717) is 30.7 Å². The molecule has 55 heavy (non-hydrogen) atoms. The molecular formula is C41H54F2N6O5Si. The average molecular weight is 777 g/mol. The Kier molecular flexibility index (Phi) is 11.7. The summed E-state index contributed by atoms with van der Waals surface area (Å²) in [4.78, 5) is 57.4. The molecule has 0 bridgehead atoms. The van der Waals surface area contributed by atoms with E-state index in [9.17, 15) is 14.4 Å². The Hall–Kier alpha value is -4.56. The molecule has 296 valence electrons. The lowest BCUT2D eigenvalue weighted by molar-refractivity contribution is 0.0130. The lowest BCUT2D eigenvalue weighted by Gasteiger charge is -2.44. The van der Waals surface area contributed by atoms with Crippen LogP contribution in [0.3, 0.4) is 0 Å². The number of ether oxygens (including phenoxy) is 1. The van der Waals surface area contributed by atoms with E-state index in [0.717, 1.165) is 11.6 Å².